The van der Waals surface area contributed by atoms with Crippen molar-refractivity contribution >= 4 is 11.9 Å². The molecule has 0 unspecified atom stereocenters. The van der Waals surface area contributed by atoms with Gasteiger partial charge in [0.1, 0.15) is 18.4 Å². The maximum absolute atomic E-state index is 12.3. The van der Waals surface area contributed by atoms with Gasteiger partial charge in [0.25, 0.3) is 0 Å². The molecule has 6 nitrogen and oxygen atoms in total. The molecule has 2 fully saturated rings. The Labute approximate surface area is 148 Å². The lowest BCUT2D eigenvalue weighted by atomic mass is 9.85. The molecule has 3 atom stereocenters. The van der Waals surface area contributed by atoms with Crippen LogP contribution in [0, 0.1) is 5.92 Å². The van der Waals surface area contributed by atoms with Crippen molar-refractivity contribution in [1.29, 1.82) is 0 Å². The van der Waals surface area contributed by atoms with Gasteiger partial charge in [-0.1, -0.05) is 31.0 Å². The molecule has 1 amide bonds. The SMILES string of the molecule is O=C(CN1[C@@H]2CCCC[C@H]2C[C@H]1C(=O)O)NCCOc1ccccc1. The minimum absolute atomic E-state index is 0.130. The Hall–Kier alpha value is -2.08. The zero-order valence-electron chi connectivity index (χ0n) is 14.4. The average Bonchev–Trinajstić information content (AvgIpc) is 2.99. The van der Waals surface area contributed by atoms with E-state index in [1.165, 1.54) is 6.42 Å². The van der Waals surface area contributed by atoms with Gasteiger partial charge in [-0.25, -0.2) is 0 Å². The molecule has 0 bridgehead atoms. The van der Waals surface area contributed by atoms with Crippen molar-refractivity contribution in [3.63, 3.8) is 0 Å². The highest BCUT2D eigenvalue weighted by atomic mass is 16.5. The van der Waals surface area contributed by atoms with Crippen LogP contribution in [0.4, 0.5) is 0 Å². The molecule has 1 heterocycles. The molecule has 1 aliphatic heterocycles. The fourth-order valence-corrected chi connectivity index (χ4v) is 4.12. The molecule has 0 aromatic heterocycles. The first-order valence-corrected chi connectivity index (χ1v) is 9.08. The maximum Gasteiger partial charge on any atom is 0.320 e. The largest absolute Gasteiger partial charge is 0.492 e. The summed E-state index contributed by atoms with van der Waals surface area (Å²) in [6, 6.07) is 9.16. The molecule has 2 aliphatic rings. The second-order valence-electron chi connectivity index (χ2n) is 6.89. The van der Waals surface area contributed by atoms with Crippen LogP contribution < -0.4 is 10.1 Å². The molecular weight excluding hydrogens is 320 g/mol. The number of carbonyl (C=O) groups excluding carboxylic acids is 1. The Bertz CT molecular complexity index is 592. The summed E-state index contributed by atoms with van der Waals surface area (Å²) in [6.45, 7) is 0.959. The second-order valence-corrected chi connectivity index (χ2v) is 6.89. The highest BCUT2D eigenvalue weighted by molar-refractivity contribution is 5.80. The normalized spacial score (nSPS) is 26.0. The molecule has 2 N–H and O–H groups in total. The summed E-state index contributed by atoms with van der Waals surface area (Å²) in [6.07, 6.45) is 5.04. The fraction of sp³-hybridized carbons (Fsp3) is 0.579. The molecular formula is C19H26N2O4. The van der Waals surface area contributed by atoms with Gasteiger partial charge < -0.3 is 15.2 Å². The second kappa shape index (κ2) is 8.34. The van der Waals surface area contributed by atoms with E-state index in [1.807, 2.05) is 35.2 Å². The Balaban J connectivity index is 1.46. The van der Waals surface area contributed by atoms with Gasteiger partial charge in [0, 0.05) is 6.04 Å². The monoisotopic (exact) mass is 346 g/mol. The van der Waals surface area contributed by atoms with Crippen LogP contribution in [0.15, 0.2) is 30.3 Å². The topological polar surface area (TPSA) is 78.9 Å². The van der Waals surface area contributed by atoms with Gasteiger partial charge in [0.2, 0.25) is 5.91 Å². The van der Waals surface area contributed by atoms with Gasteiger partial charge in [-0.3, -0.25) is 14.5 Å². The number of amides is 1. The van der Waals surface area contributed by atoms with E-state index in [0.717, 1.165) is 25.0 Å². The lowest BCUT2D eigenvalue weighted by Gasteiger charge is -2.32. The molecule has 1 saturated carbocycles. The highest BCUT2D eigenvalue weighted by Crippen LogP contribution is 2.39. The van der Waals surface area contributed by atoms with E-state index in [2.05, 4.69) is 5.32 Å². The van der Waals surface area contributed by atoms with Crippen LogP contribution in [0.5, 0.6) is 5.75 Å². The summed E-state index contributed by atoms with van der Waals surface area (Å²) < 4.78 is 5.55. The number of likely N-dealkylation sites (tertiary alicyclic amines) is 1. The highest BCUT2D eigenvalue weighted by Gasteiger charge is 2.45. The van der Waals surface area contributed by atoms with E-state index in [4.69, 9.17) is 4.74 Å². The van der Waals surface area contributed by atoms with Crippen LogP contribution in [-0.2, 0) is 9.59 Å². The number of carboxylic acid groups (broad SMARTS) is 1. The van der Waals surface area contributed by atoms with Crippen LogP contribution >= 0.6 is 0 Å². The number of para-hydroxylation sites is 1. The number of rotatable bonds is 7. The average molecular weight is 346 g/mol. The number of carbonyl (C=O) groups is 2. The standard InChI is InChI=1S/C19H26N2O4/c22-18(20-10-11-25-15-7-2-1-3-8-15)13-21-16-9-5-4-6-14(16)12-17(21)19(23)24/h1-3,7-8,14,16-17H,4-6,9-13H2,(H,20,22)(H,23,24)/t14-,16+,17-/m0/s1. The van der Waals surface area contributed by atoms with E-state index < -0.39 is 12.0 Å². The molecule has 3 rings (SSSR count). The summed E-state index contributed by atoms with van der Waals surface area (Å²) >= 11 is 0. The van der Waals surface area contributed by atoms with Crippen LogP contribution in [0.25, 0.3) is 0 Å². The molecule has 136 valence electrons. The summed E-state index contributed by atoms with van der Waals surface area (Å²) in [5, 5.41) is 12.3. The zero-order chi connectivity index (χ0) is 17.6. The summed E-state index contributed by atoms with van der Waals surface area (Å²) in [4.78, 5) is 25.7. The third kappa shape index (κ3) is 4.51. The number of aliphatic carboxylic acids is 1. The van der Waals surface area contributed by atoms with Gasteiger partial charge in [-0.2, -0.15) is 0 Å². The lowest BCUT2D eigenvalue weighted by molar-refractivity contribution is -0.143. The van der Waals surface area contributed by atoms with Crippen molar-refractivity contribution in [2.45, 2.75) is 44.2 Å². The first-order chi connectivity index (χ1) is 12.1. The molecule has 1 aromatic carbocycles. The molecule has 0 spiro atoms. The van der Waals surface area contributed by atoms with Crippen molar-refractivity contribution in [2.75, 3.05) is 19.7 Å². The number of nitrogens with one attached hydrogen (secondary N) is 1. The molecule has 6 heteroatoms. The van der Waals surface area contributed by atoms with Gasteiger partial charge in [-0.15, -0.1) is 0 Å². The zero-order valence-corrected chi connectivity index (χ0v) is 14.4. The van der Waals surface area contributed by atoms with E-state index in [0.29, 0.717) is 25.5 Å². The van der Waals surface area contributed by atoms with Gasteiger partial charge in [-0.05, 0) is 37.3 Å². The summed E-state index contributed by atoms with van der Waals surface area (Å²) in [7, 11) is 0. The number of ether oxygens (including phenoxy) is 1. The number of carboxylic acids is 1. The molecule has 1 aromatic rings. The summed E-state index contributed by atoms with van der Waals surface area (Å²) in [5.74, 6) is 0.250. The smallest absolute Gasteiger partial charge is 0.320 e. The van der Waals surface area contributed by atoms with Gasteiger partial charge >= 0.3 is 5.97 Å². The Morgan fingerprint density at radius 3 is 2.72 bits per heavy atom. The van der Waals surface area contributed by atoms with Crippen molar-refractivity contribution in [2.24, 2.45) is 5.92 Å². The Morgan fingerprint density at radius 2 is 1.96 bits per heavy atom. The number of benzene rings is 1. The number of hydrogen-bond acceptors (Lipinski definition) is 4. The van der Waals surface area contributed by atoms with Crippen molar-refractivity contribution in [1.82, 2.24) is 10.2 Å². The van der Waals surface area contributed by atoms with E-state index >= 15 is 0 Å². The minimum atomic E-state index is -0.811. The van der Waals surface area contributed by atoms with Gasteiger partial charge in [0.15, 0.2) is 0 Å². The Kier molecular flexibility index (Phi) is 5.91. The number of nitrogens with zero attached hydrogens (tertiary/aromatic N) is 1. The molecule has 25 heavy (non-hydrogen) atoms. The third-order valence-corrected chi connectivity index (χ3v) is 5.27. The van der Waals surface area contributed by atoms with Crippen molar-refractivity contribution in [3.8, 4) is 5.75 Å². The van der Waals surface area contributed by atoms with Crippen LogP contribution in [0.2, 0.25) is 0 Å². The predicted octanol–water partition coefficient (Wildman–Crippen LogP) is 1.90. The van der Waals surface area contributed by atoms with Crippen LogP contribution in [-0.4, -0.2) is 53.7 Å². The van der Waals surface area contributed by atoms with Crippen molar-refractivity contribution in [3.05, 3.63) is 30.3 Å². The fourth-order valence-electron chi connectivity index (χ4n) is 4.12. The molecule has 1 saturated heterocycles. The van der Waals surface area contributed by atoms with E-state index in [1.54, 1.807) is 0 Å². The lowest BCUT2D eigenvalue weighted by Crippen LogP contribution is -2.48. The minimum Gasteiger partial charge on any atom is -0.492 e. The number of fused-ring (bicyclic) bond motifs is 1. The Morgan fingerprint density at radius 1 is 1.20 bits per heavy atom. The number of hydrogen-bond donors (Lipinski definition) is 2. The quantitative estimate of drug-likeness (QED) is 0.737. The van der Waals surface area contributed by atoms with Crippen molar-refractivity contribution < 1.29 is 19.4 Å². The molecule has 0 radical (unpaired) electrons. The van der Waals surface area contributed by atoms with Crippen LogP contribution in [0.1, 0.15) is 32.1 Å². The van der Waals surface area contributed by atoms with E-state index in [9.17, 15) is 14.7 Å². The first kappa shape index (κ1) is 17.7. The molecule has 1 aliphatic carbocycles. The third-order valence-electron chi connectivity index (χ3n) is 5.27. The van der Waals surface area contributed by atoms with E-state index in [-0.39, 0.29) is 18.5 Å². The maximum atomic E-state index is 12.3. The van der Waals surface area contributed by atoms with Crippen LogP contribution in [0.3, 0.4) is 0 Å². The van der Waals surface area contributed by atoms with Gasteiger partial charge in [0.05, 0.1) is 13.1 Å². The predicted molar refractivity (Wildman–Crippen MR) is 93.4 cm³/mol. The summed E-state index contributed by atoms with van der Waals surface area (Å²) in [5.41, 5.74) is 0. The first-order valence-electron chi connectivity index (χ1n) is 9.08.